The minimum absolute atomic E-state index is 0.0119. The van der Waals surface area contributed by atoms with Crippen molar-refractivity contribution in [2.45, 2.75) is 31.6 Å². The van der Waals surface area contributed by atoms with E-state index in [1.54, 1.807) is 19.1 Å². The molecule has 0 amide bonds. The van der Waals surface area contributed by atoms with Gasteiger partial charge in [0.1, 0.15) is 10.6 Å². The Kier molecular flexibility index (Phi) is 6.50. The number of nitrogens with one attached hydrogen (secondary N) is 1. The third kappa shape index (κ3) is 4.35. The Bertz CT molecular complexity index is 846. The van der Waals surface area contributed by atoms with Crippen molar-refractivity contribution in [1.82, 2.24) is 3.97 Å². The molecule has 0 unspecified atom stereocenters. The Morgan fingerprint density at radius 1 is 1.28 bits per heavy atom. The molecular weight excluding hydrogens is 364 g/mol. The summed E-state index contributed by atoms with van der Waals surface area (Å²) >= 11 is 6.00. The zero-order valence-corrected chi connectivity index (χ0v) is 15.7. The van der Waals surface area contributed by atoms with E-state index in [9.17, 15) is 13.2 Å². The summed E-state index contributed by atoms with van der Waals surface area (Å²) in [6, 6.07) is 7.51. The Morgan fingerprint density at radius 3 is 2.72 bits per heavy atom. The zero-order chi connectivity index (χ0) is 18.4. The SMILES string of the molecule is CCCCNc1ccc(Cl)cc1S(=O)(=O)n1cccc1C(=O)OCC. The number of aromatic nitrogens is 1. The number of benzene rings is 1. The molecule has 0 spiro atoms. The minimum Gasteiger partial charge on any atom is -0.461 e. The van der Waals surface area contributed by atoms with Crippen molar-refractivity contribution in [3.8, 4) is 0 Å². The van der Waals surface area contributed by atoms with Crippen LogP contribution in [0, 0.1) is 0 Å². The van der Waals surface area contributed by atoms with Crippen molar-refractivity contribution in [1.29, 1.82) is 0 Å². The highest BCUT2D eigenvalue weighted by atomic mass is 35.5. The molecule has 0 radical (unpaired) electrons. The minimum atomic E-state index is -4.01. The van der Waals surface area contributed by atoms with Gasteiger partial charge < -0.3 is 10.1 Å². The second kappa shape index (κ2) is 8.40. The van der Waals surface area contributed by atoms with E-state index in [4.69, 9.17) is 16.3 Å². The van der Waals surface area contributed by atoms with Crippen LogP contribution in [0.4, 0.5) is 5.69 Å². The van der Waals surface area contributed by atoms with E-state index in [-0.39, 0.29) is 17.2 Å². The molecule has 1 heterocycles. The van der Waals surface area contributed by atoms with E-state index in [2.05, 4.69) is 5.32 Å². The van der Waals surface area contributed by atoms with Crippen molar-refractivity contribution in [3.05, 3.63) is 47.2 Å². The van der Waals surface area contributed by atoms with Crippen molar-refractivity contribution >= 4 is 33.3 Å². The Hall–Kier alpha value is -1.99. The molecule has 0 aliphatic rings. The zero-order valence-electron chi connectivity index (χ0n) is 14.2. The average molecular weight is 385 g/mol. The van der Waals surface area contributed by atoms with E-state index in [0.29, 0.717) is 17.3 Å². The fourth-order valence-electron chi connectivity index (χ4n) is 2.30. The maximum atomic E-state index is 13.1. The van der Waals surface area contributed by atoms with Gasteiger partial charge in [0.05, 0.1) is 12.3 Å². The summed E-state index contributed by atoms with van der Waals surface area (Å²) in [5.41, 5.74) is 0.391. The average Bonchev–Trinajstić information content (AvgIpc) is 3.07. The van der Waals surface area contributed by atoms with Gasteiger partial charge in [-0.05, 0) is 43.7 Å². The lowest BCUT2D eigenvalue weighted by Crippen LogP contribution is -2.20. The Labute approximate surface area is 152 Å². The van der Waals surface area contributed by atoms with Gasteiger partial charge in [0, 0.05) is 17.8 Å². The number of nitrogens with zero attached hydrogens (tertiary/aromatic N) is 1. The predicted molar refractivity (Wildman–Crippen MR) is 97.8 cm³/mol. The molecule has 136 valence electrons. The number of carbonyl (C=O) groups excluding carboxylic acids is 1. The molecule has 1 aromatic heterocycles. The van der Waals surface area contributed by atoms with Crippen molar-refractivity contribution in [2.24, 2.45) is 0 Å². The number of anilines is 1. The lowest BCUT2D eigenvalue weighted by Gasteiger charge is -2.15. The third-order valence-electron chi connectivity index (χ3n) is 3.52. The van der Waals surface area contributed by atoms with Crippen LogP contribution in [0.5, 0.6) is 0 Å². The van der Waals surface area contributed by atoms with Crippen LogP contribution < -0.4 is 5.32 Å². The summed E-state index contributed by atoms with van der Waals surface area (Å²) in [5, 5.41) is 3.41. The van der Waals surface area contributed by atoms with Gasteiger partial charge in [-0.1, -0.05) is 24.9 Å². The van der Waals surface area contributed by atoms with Crippen LogP contribution in [0.1, 0.15) is 37.2 Å². The smallest absolute Gasteiger partial charge is 0.355 e. The summed E-state index contributed by atoms with van der Waals surface area (Å²) < 4.78 is 32.0. The molecule has 0 saturated heterocycles. The quantitative estimate of drug-likeness (QED) is 0.553. The highest BCUT2D eigenvalue weighted by Crippen LogP contribution is 2.28. The Balaban J connectivity index is 2.48. The van der Waals surface area contributed by atoms with Gasteiger partial charge in [0.15, 0.2) is 0 Å². The Morgan fingerprint density at radius 2 is 2.04 bits per heavy atom. The molecule has 8 heteroatoms. The lowest BCUT2D eigenvalue weighted by atomic mass is 10.3. The van der Waals surface area contributed by atoms with Crippen molar-refractivity contribution < 1.29 is 17.9 Å². The lowest BCUT2D eigenvalue weighted by molar-refractivity contribution is 0.0518. The number of carbonyl (C=O) groups is 1. The monoisotopic (exact) mass is 384 g/mol. The van der Waals surface area contributed by atoms with Gasteiger partial charge in [-0.25, -0.2) is 17.2 Å². The first-order chi connectivity index (χ1) is 11.9. The molecular formula is C17H21ClN2O4S. The molecule has 1 aromatic carbocycles. The van der Waals surface area contributed by atoms with Gasteiger partial charge in [-0.3, -0.25) is 0 Å². The number of hydrogen-bond donors (Lipinski definition) is 1. The molecule has 25 heavy (non-hydrogen) atoms. The molecule has 0 saturated carbocycles. The van der Waals surface area contributed by atoms with Crippen LogP contribution in [-0.4, -0.2) is 31.5 Å². The number of esters is 1. The molecule has 1 N–H and O–H groups in total. The topological polar surface area (TPSA) is 77.4 Å². The second-order valence-electron chi connectivity index (χ2n) is 5.34. The molecule has 0 atom stereocenters. The van der Waals surface area contributed by atoms with Gasteiger partial charge in [0.25, 0.3) is 10.0 Å². The van der Waals surface area contributed by atoms with Gasteiger partial charge in [-0.2, -0.15) is 0 Å². The fraction of sp³-hybridized carbons (Fsp3) is 0.353. The van der Waals surface area contributed by atoms with Crippen LogP contribution in [0.2, 0.25) is 5.02 Å². The fourth-order valence-corrected chi connectivity index (χ4v) is 4.07. The maximum absolute atomic E-state index is 13.1. The van der Waals surface area contributed by atoms with Crippen LogP contribution in [0.15, 0.2) is 41.4 Å². The summed E-state index contributed by atoms with van der Waals surface area (Å²) in [6.45, 7) is 4.50. The standard InChI is InChI=1S/C17H21ClN2O4S/c1-3-5-10-19-14-9-8-13(18)12-16(14)25(22,23)20-11-6-7-15(20)17(21)24-4-2/h6-9,11-12,19H,3-5,10H2,1-2H3. The van der Waals surface area contributed by atoms with Gasteiger partial charge >= 0.3 is 5.97 Å². The van der Waals surface area contributed by atoms with Crippen LogP contribution in [-0.2, 0) is 14.8 Å². The molecule has 0 aliphatic heterocycles. The summed E-state index contributed by atoms with van der Waals surface area (Å²) in [6.07, 6.45) is 3.20. The van der Waals surface area contributed by atoms with E-state index in [1.807, 2.05) is 6.92 Å². The number of ether oxygens (including phenoxy) is 1. The first-order valence-electron chi connectivity index (χ1n) is 8.05. The molecule has 0 fully saturated rings. The molecule has 2 aromatic rings. The molecule has 0 aliphatic carbocycles. The van der Waals surface area contributed by atoms with Gasteiger partial charge in [-0.15, -0.1) is 0 Å². The largest absolute Gasteiger partial charge is 0.461 e. The van der Waals surface area contributed by atoms with E-state index in [0.717, 1.165) is 16.8 Å². The molecule has 2 rings (SSSR count). The van der Waals surface area contributed by atoms with Crippen LogP contribution in [0.3, 0.4) is 0 Å². The van der Waals surface area contributed by atoms with Gasteiger partial charge in [0.2, 0.25) is 0 Å². The van der Waals surface area contributed by atoms with E-state index >= 15 is 0 Å². The highest BCUT2D eigenvalue weighted by Gasteiger charge is 2.26. The van der Waals surface area contributed by atoms with Crippen LogP contribution >= 0.6 is 11.6 Å². The van der Waals surface area contributed by atoms with Crippen molar-refractivity contribution in [2.75, 3.05) is 18.5 Å². The summed E-state index contributed by atoms with van der Waals surface area (Å²) in [4.78, 5) is 12.0. The summed E-state index contributed by atoms with van der Waals surface area (Å²) in [7, 11) is -4.01. The first-order valence-corrected chi connectivity index (χ1v) is 9.87. The van der Waals surface area contributed by atoms with Crippen molar-refractivity contribution in [3.63, 3.8) is 0 Å². The maximum Gasteiger partial charge on any atom is 0.355 e. The summed E-state index contributed by atoms with van der Waals surface area (Å²) in [5.74, 6) is -0.696. The number of unbranched alkanes of at least 4 members (excludes halogenated alkanes) is 1. The normalized spacial score (nSPS) is 11.3. The number of rotatable bonds is 8. The molecule has 0 bridgehead atoms. The highest BCUT2D eigenvalue weighted by molar-refractivity contribution is 7.90. The molecule has 6 nitrogen and oxygen atoms in total. The number of hydrogen-bond acceptors (Lipinski definition) is 5. The van der Waals surface area contributed by atoms with Crippen LogP contribution in [0.25, 0.3) is 0 Å². The van der Waals surface area contributed by atoms with E-state index < -0.39 is 16.0 Å². The van der Waals surface area contributed by atoms with E-state index in [1.165, 1.54) is 24.4 Å². The number of halogens is 1. The third-order valence-corrected chi connectivity index (χ3v) is 5.49. The predicted octanol–water partition coefficient (Wildman–Crippen LogP) is 3.77. The second-order valence-corrected chi connectivity index (χ2v) is 7.56. The first kappa shape index (κ1) is 19.3.